The quantitative estimate of drug-likeness (QED) is 0.601. The molecule has 2 unspecified atom stereocenters. The van der Waals surface area contributed by atoms with Gasteiger partial charge >= 0.3 is 5.97 Å². The number of carbonyl (C=O) groups excluding carboxylic acids is 2. The number of rotatable bonds is 6. The molecule has 0 aromatic heterocycles. The van der Waals surface area contributed by atoms with Crippen LogP contribution in [0.25, 0.3) is 0 Å². The summed E-state index contributed by atoms with van der Waals surface area (Å²) in [5.74, 6) is 0.233. The van der Waals surface area contributed by atoms with Gasteiger partial charge in [0.2, 0.25) is 5.91 Å². The summed E-state index contributed by atoms with van der Waals surface area (Å²) in [7, 11) is 1.60. The summed E-state index contributed by atoms with van der Waals surface area (Å²) < 4.78 is 10.2. The van der Waals surface area contributed by atoms with Crippen molar-refractivity contribution in [1.82, 2.24) is 4.90 Å². The molecule has 27 heavy (non-hydrogen) atoms. The van der Waals surface area contributed by atoms with Crippen molar-refractivity contribution < 1.29 is 24.2 Å². The summed E-state index contributed by atoms with van der Waals surface area (Å²) in [6, 6.07) is 6.53. The predicted molar refractivity (Wildman–Crippen MR) is 103 cm³/mol. The Morgan fingerprint density at radius 1 is 1.30 bits per heavy atom. The molecule has 7 nitrogen and oxygen atoms in total. The van der Waals surface area contributed by atoms with Gasteiger partial charge in [0.1, 0.15) is 17.3 Å². The van der Waals surface area contributed by atoms with Crippen molar-refractivity contribution >= 4 is 17.6 Å². The summed E-state index contributed by atoms with van der Waals surface area (Å²) in [4.78, 5) is 28.7. The number of esters is 1. The second kappa shape index (κ2) is 9.19. The van der Waals surface area contributed by atoms with Crippen LogP contribution in [0, 0.1) is 0 Å². The van der Waals surface area contributed by atoms with Crippen molar-refractivity contribution in [3.8, 4) is 5.75 Å². The highest BCUT2D eigenvalue weighted by Crippen LogP contribution is 2.42. The molecule has 2 atom stereocenters. The van der Waals surface area contributed by atoms with Gasteiger partial charge in [-0.3, -0.25) is 14.5 Å². The Labute approximate surface area is 160 Å². The summed E-state index contributed by atoms with van der Waals surface area (Å²) in [5, 5.41) is 9.68. The lowest BCUT2D eigenvalue weighted by Gasteiger charge is -2.52. The lowest BCUT2D eigenvalue weighted by molar-refractivity contribution is -0.157. The maximum atomic E-state index is 13.0. The van der Waals surface area contributed by atoms with Gasteiger partial charge in [-0.25, -0.2) is 0 Å². The molecule has 2 fully saturated rings. The van der Waals surface area contributed by atoms with E-state index < -0.39 is 17.6 Å². The molecule has 0 radical (unpaired) electrons. The van der Waals surface area contributed by atoms with Gasteiger partial charge in [-0.05, 0) is 44.0 Å². The van der Waals surface area contributed by atoms with E-state index in [4.69, 9.17) is 9.47 Å². The van der Waals surface area contributed by atoms with E-state index in [1.165, 1.54) is 0 Å². The second-order valence-corrected chi connectivity index (χ2v) is 6.37. The number of ether oxygens (including phenoxy) is 2. The average Bonchev–Trinajstić information content (AvgIpc) is 3.15. The molecule has 2 heterocycles. The van der Waals surface area contributed by atoms with Crippen molar-refractivity contribution in [2.45, 2.75) is 45.2 Å². The monoisotopic (exact) mass is 378 g/mol. The van der Waals surface area contributed by atoms with Gasteiger partial charge in [0.05, 0.1) is 26.9 Å². The van der Waals surface area contributed by atoms with Crippen LogP contribution < -0.4 is 9.64 Å². The third-order valence-corrected chi connectivity index (χ3v) is 5.09. The summed E-state index contributed by atoms with van der Waals surface area (Å²) in [5.41, 5.74) is 0.0973. The van der Waals surface area contributed by atoms with Crippen LogP contribution in [0.1, 0.15) is 33.6 Å². The summed E-state index contributed by atoms with van der Waals surface area (Å²) >= 11 is 0. The minimum absolute atomic E-state index is 0.0297. The summed E-state index contributed by atoms with van der Waals surface area (Å²) in [6.07, 6.45) is 1.51. The second-order valence-electron chi connectivity index (χ2n) is 6.37. The van der Waals surface area contributed by atoms with Crippen LogP contribution in [0.3, 0.4) is 0 Å². The molecule has 150 valence electrons. The van der Waals surface area contributed by atoms with Crippen molar-refractivity contribution in [2.75, 3.05) is 38.3 Å². The van der Waals surface area contributed by atoms with Crippen LogP contribution in [-0.2, 0) is 14.3 Å². The normalized spacial score (nSPS) is 22.7. The molecular weight excluding hydrogens is 348 g/mol. The molecule has 1 aromatic rings. The first-order valence-electron chi connectivity index (χ1n) is 9.57. The van der Waals surface area contributed by atoms with Crippen molar-refractivity contribution in [2.24, 2.45) is 0 Å². The number of amides is 1. The van der Waals surface area contributed by atoms with Gasteiger partial charge in [0, 0.05) is 12.2 Å². The molecule has 2 saturated heterocycles. The van der Waals surface area contributed by atoms with Gasteiger partial charge in [-0.2, -0.15) is 0 Å². The van der Waals surface area contributed by atoms with E-state index in [2.05, 4.69) is 0 Å². The molecule has 2 aliphatic rings. The van der Waals surface area contributed by atoms with E-state index in [0.29, 0.717) is 19.5 Å². The summed E-state index contributed by atoms with van der Waals surface area (Å²) in [6.45, 7) is 6.74. The number of methoxy groups -OCH3 is 1. The first-order valence-corrected chi connectivity index (χ1v) is 9.57. The maximum absolute atomic E-state index is 13.0. The number of likely N-dealkylation sites (tertiary alicyclic amines) is 1. The number of benzene rings is 1. The Bertz CT molecular complexity index is 648. The zero-order valence-electron chi connectivity index (χ0n) is 16.6. The largest absolute Gasteiger partial charge is 0.497 e. The molecular formula is C20H30N2O5. The Morgan fingerprint density at radius 2 is 1.96 bits per heavy atom. The van der Waals surface area contributed by atoms with E-state index in [1.54, 1.807) is 18.9 Å². The molecule has 2 aliphatic heterocycles. The molecule has 0 saturated carbocycles. The Morgan fingerprint density at radius 3 is 2.48 bits per heavy atom. The van der Waals surface area contributed by atoms with Gasteiger partial charge in [-0.15, -0.1) is 0 Å². The number of nitrogens with zero attached hydrogens (tertiary/aromatic N) is 2. The number of hydrogen-bond donors (Lipinski definition) is 1. The smallest absolute Gasteiger partial charge is 0.325 e. The van der Waals surface area contributed by atoms with Crippen LogP contribution in [-0.4, -0.2) is 66.9 Å². The van der Waals surface area contributed by atoms with Gasteiger partial charge in [0.25, 0.3) is 0 Å². The Balaban J connectivity index is 0.00000126. The zero-order valence-corrected chi connectivity index (χ0v) is 16.6. The van der Waals surface area contributed by atoms with Crippen LogP contribution in [0.4, 0.5) is 5.69 Å². The van der Waals surface area contributed by atoms with E-state index >= 15 is 0 Å². The fourth-order valence-electron chi connectivity index (χ4n) is 3.82. The zero-order chi connectivity index (χ0) is 20.0. The Hall–Kier alpha value is -2.12. The van der Waals surface area contributed by atoms with Crippen molar-refractivity contribution in [1.29, 1.82) is 0 Å². The van der Waals surface area contributed by atoms with Crippen molar-refractivity contribution in [3.63, 3.8) is 0 Å². The highest BCUT2D eigenvalue weighted by molar-refractivity contribution is 6.08. The van der Waals surface area contributed by atoms with Crippen LogP contribution >= 0.6 is 0 Å². The first kappa shape index (κ1) is 21.2. The Kier molecular flexibility index (Phi) is 7.21. The lowest BCUT2D eigenvalue weighted by atomic mass is 9.84. The van der Waals surface area contributed by atoms with Gasteiger partial charge in [0.15, 0.2) is 0 Å². The third-order valence-electron chi connectivity index (χ3n) is 5.09. The molecule has 0 aliphatic carbocycles. The predicted octanol–water partition coefficient (Wildman–Crippen LogP) is 1.83. The topological polar surface area (TPSA) is 79.3 Å². The first-order chi connectivity index (χ1) is 13.1. The van der Waals surface area contributed by atoms with E-state index in [-0.39, 0.29) is 19.1 Å². The molecule has 1 spiro atoms. The van der Waals surface area contributed by atoms with E-state index in [9.17, 15) is 14.7 Å². The number of carbonyl (C=O) groups is 2. The minimum Gasteiger partial charge on any atom is -0.497 e. The molecule has 7 heteroatoms. The minimum atomic E-state index is -0.788. The highest BCUT2D eigenvalue weighted by Gasteiger charge is 2.60. The van der Waals surface area contributed by atoms with E-state index in [0.717, 1.165) is 17.9 Å². The number of hydrogen-bond acceptors (Lipinski definition) is 6. The number of anilines is 1. The van der Waals surface area contributed by atoms with E-state index in [1.807, 2.05) is 43.0 Å². The highest BCUT2D eigenvalue weighted by atomic mass is 16.5. The number of β-lactam (4-membered cyclic amide) rings is 1. The maximum Gasteiger partial charge on any atom is 0.325 e. The van der Waals surface area contributed by atoms with Crippen LogP contribution in [0.15, 0.2) is 24.3 Å². The molecule has 1 N–H and O–H groups in total. The third kappa shape index (κ3) is 3.80. The standard InChI is InChI=1S/C18H24N2O5.C2H6/c1-3-25-16(22)15(11-21)20-10-4-9-18(20)12-19(17(18)23)13-5-7-14(24-2)8-6-13;1-2/h5-8,15,21H,3-4,9-12H2,1-2H3;1-2H3. The lowest BCUT2D eigenvalue weighted by Crippen LogP contribution is -2.74. The fourth-order valence-corrected chi connectivity index (χ4v) is 3.82. The molecule has 1 amide bonds. The number of aliphatic hydroxyl groups excluding tert-OH is 1. The van der Waals surface area contributed by atoms with Crippen molar-refractivity contribution in [3.05, 3.63) is 24.3 Å². The molecule has 3 rings (SSSR count). The van der Waals surface area contributed by atoms with Gasteiger partial charge in [-0.1, -0.05) is 13.8 Å². The fraction of sp³-hybridized carbons (Fsp3) is 0.600. The van der Waals surface area contributed by atoms with Crippen LogP contribution in [0.2, 0.25) is 0 Å². The average molecular weight is 378 g/mol. The molecule has 0 bridgehead atoms. The van der Waals surface area contributed by atoms with Crippen LogP contribution in [0.5, 0.6) is 5.75 Å². The molecule has 1 aromatic carbocycles. The number of aliphatic hydroxyl groups is 1. The SMILES string of the molecule is CC.CCOC(=O)C(CO)N1CCCC12CN(c1ccc(OC)cc1)C2=O. The van der Waals surface area contributed by atoms with Gasteiger partial charge < -0.3 is 19.5 Å².